The van der Waals surface area contributed by atoms with Crippen LogP contribution >= 0.6 is 0 Å². The van der Waals surface area contributed by atoms with Crippen molar-refractivity contribution in [2.45, 2.75) is 19.4 Å². The van der Waals surface area contributed by atoms with Gasteiger partial charge in [0.1, 0.15) is 0 Å². The van der Waals surface area contributed by atoms with E-state index in [1.165, 1.54) is 7.05 Å². The van der Waals surface area contributed by atoms with Crippen LogP contribution in [0.25, 0.3) is 0 Å². The van der Waals surface area contributed by atoms with Gasteiger partial charge in [0, 0.05) is 12.2 Å². The van der Waals surface area contributed by atoms with Crippen LogP contribution in [0.4, 0.5) is 5.69 Å². The molecule has 0 saturated carbocycles. The van der Waals surface area contributed by atoms with Crippen LogP contribution in [0.1, 0.15) is 13.3 Å². The van der Waals surface area contributed by atoms with Gasteiger partial charge in [-0.15, -0.1) is 0 Å². The number of rotatable bonds is 8. The van der Waals surface area contributed by atoms with Gasteiger partial charge in [0.05, 0.1) is 11.8 Å². The molecule has 0 heterocycles. The molecule has 0 aliphatic carbocycles. The summed E-state index contributed by atoms with van der Waals surface area (Å²) in [5.41, 5.74) is 0.723. The molecule has 7 heteroatoms. The summed E-state index contributed by atoms with van der Waals surface area (Å²) in [5, 5.41) is 5.74. The minimum Gasteiger partial charge on any atom is -0.325 e. The molecule has 0 saturated heterocycles. The quantitative estimate of drug-likeness (QED) is 0.654. The maximum Gasteiger partial charge on any atom is 0.241 e. The van der Waals surface area contributed by atoms with Gasteiger partial charge < -0.3 is 10.6 Å². The third kappa shape index (κ3) is 5.68. The number of nitrogens with one attached hydrogen (secondary N) is 3. The monoisotopic (exact) mass is 299 g/mol. The Morgan fingerprint density at radius 2 is 1.90 bits per heavy atom. The topological polar surface area (TPSA) is 87.3 Å². The Labute approximate surface area is 120 Å². The Balaban J connectivity index is 2.47. The van der Waals surface area contributed by atoms with E-state index in [0.717, 1.165) is 5.69 Å². The van der Waals surface area contributed by atoms with Crippen molar-refractivity contribution in [1.29, 1.82) is 0 Å². The van der Waals surface area contributed by atoms with Gasteiger partial charge in [0.15, 0.2) is 0 Å². The fourth-order valence-electron chi connectivity index (χ4n) is 1.64. The molecule has 0 aliphatic heterocycles. The lowest BCUT2D eigenvalue weighted by Gasteiger charge is -2.16. The Kier molecular flexibility index (Phi) is 6.63. The molecule has 3 N–H and O–H groups in total. The van der Waals surface area contributed by atoms with Crippen molar-refractivity contribution >= 4 is 21.6 Å². The zero-order chi connectivity index (χ0) is 15.0. The molecule has 20 heavy (non-hydrogen) atoms. The van der Waals surface area contributed by atoms with Crippen LogP contribution in [0, 0.1) is 0 Å². The summed E-state index contributed by atoms with van der Waals surface area (Å²) >= 11 is 0. The molecular formula is C13H21N3O3S. The van der Waals surface area contributed by atoms with Crippen LogP contribution in [-0.2, 0) is 14.8 Å². The summed E-state index contributed by atoms with van der Waals surface area (Å²) in [6.45, 7) is 2.10. The van der Waals surface area contributed by atoms with E-state index in [1.807, 2.05) is 25.1 Å². The number of sulfonamides is 1. The minimum atomic E-state index is -3.25. The van der Waals surface area contributed by atoms with Crippen LogP contribution in [0.15, 0.2) is 30.3 Å². The summed E-state index contributed by atoms with van der Waals surface area (Å²) in [7, 11) is -1.88. The second-order valence-corrected chi connectivity index (χ2v) is 6.34. The Morgan fingerprint density at radius 3 is 2.45 bits per heavy atom. The highest BCUT2D eigenvalue weighted by Gasteiger charge is 2.16. The van der Waals surface area contributed by atoms with Crippen molar-refractivity contribution in [3.05, 3.63) is 30.3 Å². The molecule has 1 amide bonds. The maximum atomic E-state index is 12.0. The summed E-state index contributed by atoms with van der Waals surface area (Å²) in [4.78, 5) is 12.0. The van der Waals surface area contributed by atoms with Crippen LogP contribution in [0.2, 0.25) is 0 Å². The van der Waals surface area contributed by atoms with Gasteiger partial charge in [-0.2, -0.15) is 0 Å². The summed E-state index contributed by atoms with van der Waals surface area (Å²) in [6, 6.07) is 8.73. The van der Waals surface area contributed by atoms with Crippen molar-refractivity contribution < 1.29 is 13.2 Å². The van der Waals surface area contributed by atoms with Crippen LogP contribution < -0.4 is 15.4 Å². The molecule has 112 valence electrons. The first-order valence-electron chi connectivity index (χ1n) is 6.49. The molecule has 0 bridgehead atoms. The third-order valence-corrected chi connectivity index (χ3v) is 4.20. The fraction of sp³-hybridized carbons (Fsp3) is 0.462. The Hall–Kier alpha value is -1.44. The first-order chi connectivity index (χ1) is 9.48. The van der Waals surface area contributed by atoms with Gasteiger partial charge >= 0.3 is 0 Å². The summed E-state index contributed by atoms with van der Waals surface area (Å²) < 4.78 is 24.8. The van der Waals surface area contributed by atoms with Gasteiger partial charge in [-0.25, -0.2) is 13.1 Å². The largest absolute Gasteiger partial charge is 0.325 e. The molecule has 1 aromatic carbocycles. The van der Waals surface area contributed by atoms with E-state index in [0.29, 0.717) is 6.42 Å². The van der Waals surface area contributed by atoms with Gasteiger partial charge in [-0.05, 0) is 25.6 Å². The van der Waals surface area contributed by atoms with Gasteiger partial charge in [-0.3, -0.25) is 4.79 Å². The predicted molar refractivity (Wildman–Crippen MR) is 80.0 cm³/mol. The lowest BCUT2D eigenvalue weighted by Crippen LogP contribution is -2.42. The molecule has 0 aromatic heterocycles. The van der Waals surface area contributed by atoms with Crippen molar-refractivity contribution in [2.24, 2.45) is 0 Å². The molecule has 1 rings (SSSR count). The number of hydrogen-bond donors (Lipinski definition) is 3. The zero-order valence-corrected chi connectivity index (χ0v) is 12.5. The second-order valence-electron chi connectivity index (χ2n) is 4.29. The third-order valence-electron chi connectivity index (χ3n) is 2.84. The highest BCUT2D eigenvalue weighted by molar-refractivity contribution is 7.89. The van der Waals surface area contributed by atoms with E-state index >= 15 is 0 Å². The Bertz CT molecular complexity index is 517. The first-order valence-corrected chi connectivity index (χ1v) is 8.14. The average Bonchev–Trinajstić information content (AvgIpc) is 2.44. The van der Waals surface area contributed by atoms with Crippen LogP contribution in [0.5, 0.6) is 0 Å². The fourth-order valence-corrected chi connectivity index (χ4v) is 2.23. The van der Waals surface area contributed by atoms with Crippen LogP contribution in [0.3, 0.4) is 0 Å². The standard InChI is InChI=1S/C13H21N3O3S/c1-3-12(15-9-10-20(18,19)14-2)13(17)16-11-7-5-4-6-8-11/h4-8,12,14-15H,3,9-10H2,1-2H3,(H,16,17). The van der Waals surface area contributed by atoms with E-state index in [1.54, 1.807) is 12.1 Å². The molecule has 1 aromatic rings. The van der Waals surface area contributed by atoms with Crippen molar-refractivity contribution in [1.82, 2.24) is 10.0 Å². The number of hydrogen-bond acceptors (Lipinski definition) is 4. The van der Waals surface area contributed by atoms with E-state index in [2.05, 4.69) is 15.4 Å². The van der Waals surface area contributed by atoms with E-state index in [4.69, 9.17) is 0 Å². The number of carbonyl (C=O) groups is 1. The number of benzene rings is 1. The van der Waals surface area contributed by atoms with Crippen molar-refractivity contribution in [2.75, 3.05) is 24.7 Å². The maximum absolute atomic E-state index is 12.0. The molecule has 6 nitrogen and oxygen atoms in total. The molecule has 1 unspecified atom stereocenters. The summed E-state index contributed by atoms with van der Waals surface area (Å²) in [5.74, 6) is -0.223. The lowest BCUT2D eigenvalue weighted by molar-refractivity contribution is -0.118. The number of para-hydroxylation sites is 1. The number of amides is 1. The molecule has 0 aliphatic rings. The van der Waals surface area contributed by atoms with E-state index < -0.39 is 16.1 Å². The van der Waals surface area contributed by atoms with Gasteiger partial charge in [0.2, 0.25) is 15.9 Å². The normalized spacial score (nSPS) is 12.9. The minimum absolute atomic E-state index is 0.0569. The van der Waals surface area contributed by atoms with Crippen molar-refractivity contribution in [3.63, 3.8) is 0 Å². The summed E-state index contributed by atoms with van der Waals surface area (Å²) in [6.07, 6.45) is 0.582. The lowest BCUT2D eigenvalue weighted by atomic mass is 10.2. The molecule has 1 atom stereocenters. The number of carbonyl (C=O) groups excluding carboxylic acids is 1. The predicted octanol–water partition coefficient (Wildman–Crippen LogP) is 0.543. The smallest absolute Gasteiger partial charge is 0.241 e. The Morgan fingerprint density at radius 1 is 1.25 bits per heavy atom. The first kappa shape index (κ1) is 16.6. The highest BCUT2D eigenvalue weighted by atomic mass is 32.2. The van der Waals surface area contributed by atoms with E-state index in [-0.39, 0.29) is 18.2 Å². The SMILES string of the molecule is CCC(NCCS(=O)(=O)NC)C(=O)Nc1ccccc1. The van der Waals surface area contributed by atoms with E-state index in [9.17, 15) is 13.2 Å². The molecular weight excluding hydrogens is 278 g/mol. The molecule has 0 spiro atoms. The second kappa shape index (κ2) is 7.98. The highest BCUT2D eigenvalue weighted by Crippen LogP contribution is 2.06. The van der Waals surface area contributed by atoms with Crippen molar-refractivity contribution in [3.8, 4) is 0 Å². The number of anilines is 1. The van der Waals surface area contributed by atoms with Crippen LogP contribution in [-0.4, -0.2) is 39.7 Å². The zero-order valence-electron chi connectivity index (χ0n) is 11.7. The molecule has 0 fully saturated rings. The molecule has 0 radical (unpaired) electrons. The average molecular weight is 299 g/mol. The van der Waals surface area contributed by atoms with Gasteiger partial charge in [0.25, 0.3) is 0 Å². The van der Waals surface area contributed by atoms with Gasteiger partial charge in [-0.1, -0.05) is 25.1 Å².